The van der Waals surface area contributed by atoms with Crippen LogP contribution in [-0.4, -0.2) is 81.3 Å². The predicted molar refractivity (Wildman–Crippen MR) is 569 cm³/mol. The van der Waals surface area contributed by atoms with Crippen LogP contribution < -0.4 is 0 Å². The molecule has 8 heteroatoms. The third-order valence-corrected chi connectivity index (χ3v) is 33.9. The molecule has 24 atom stereocenters. The van der Waals surface area contributed by atoms with Crippen molar-refractivity contribution in [2.24, 2.45) is 107 Å². The van der Waals surface area contributed by atoms with Gasteiger partial charge in [-0.2, -0.15) is 0 Å². The Kier molecular flexibility index (Phi) is 63.4. The minimum Gasteiger partial charge on any atom is -0.459 e. The molecule has 0 aromatic heterocycles. The molecule has 3 aliphatic rings. The topological polar surface area (TPSA) is 92.7 Å². The fourth-order valence-electron chi connectivity index (χ4n) is 24.2. The van der Waals surface area contributed by atoms with E-state index in [0.29, 0.717) is 35.5 Å². The van der Waals surface area contributed by atoms with Crippen LogP contribution in [0.25, 0.3) is 0 Å². The molecule has 0 aromatic carbocycles. The van der Waals surface area contributed by atoms with Gasteiger partial charge in [0, 0.05) is 6.92 Å². The van der Waals surface area contributed by atoms with E-state index in [4.69, 9.17) is 28.4 Å². The maximum atomic E-state index is 13.4. The molecular weight excluding hydrogens is 1590 g/mol. The number of carbonyl (C=O) groups is 1. The molecule has 130 heavy (non-hydrogen) atoms. The molecule has 0 radical (unpaired) electrons. The van der Waals surface area contributed by atoms with Crippen LogP contribution in [0, 0.1) is 107 Å². The Hall–Kier alpha value is -0.770. The second-order valence-corrected chi connectivity index (χ2v) is 51.9. The third kappa shape index (κ3) is 54.3. The zero-order valence-corrected chi connectivity index (χ0v) is 94.1. The van der Waals surface area contributed by atoms with E-state index in [-0.39, 0.29) is 42.6 Å². The normalized spacial score (nSPS) is 24.2. The average molecular weight is 1830 g/mol. The number of hydrogen-bond acceptors (Lipinski definition) is 8. The lowest BCUT2D eigenvalue weighted by Gasteiger charge is -2.53. The Morgan fingerprint density at radius 3 is 0.685 bits per heavy atom. The Balaban J connectivity index is 2.26. The van der Waals surface area contributed by atoms with Gasteiger partial charge in [-0.25, -0.2) is 0 Å². The summed E-state index contributed by atoms with van der Waals surface area (Å²) in [6.07, 6.45) is 70.3. The molecule has 3 saturated heterocycles. The predicted octanol–water partition coefficient (Wildman–Crippen LogP) is 38.4. The molecule has 0 spiro atoms. The van der Waals surface area contributed by atoms with Gasteiger partial charge in [-0.3, -0.25) is 4.79 Å². The molecule has 0 aromatic rings. The van der Waals surface area contributed by atoms with Crippen molar-refractivity contribution < 1.29 is 38.3 Å². The maximum Gasteiger partial charge on any atom is 0.303 e. The standard InChI is InChI=1S/C122H238O8/c1-92(2)50-32-56-98(13)62-38-68-104(19)74-44-86-117(26,124)111-80-81-113(126-111)119(28,88-46-76-106(21)70-40-64-100(15)58-34-52-94(5)6)129-120(29,89-47-77-107(22)71-41-65-101(16)59-35-53-95(7)8)114-82-83-115(127-114)121(30,90-48-78-108(23)72-42-66-102(17)60-36-54-96(9)10)130-122(31,91-49-79-109(24)73-43-67-103(18)61-37-55-97(11)12)116-85-84-112(125-110(25)123)118(27,128-116)87-45-75-105(20)69-39-63-99(14)57-33-51-93(3)4/h92-109,111-116,124H,32-91H2,1-31H3. The van der Waals surface area contributed by atoms with E-state index >= 15 is 0 Å². The van der Waals surface area contributed by atoms with Crippen molar-refractivity contribution in [3.63, 3.8) is 0 Å². The molecule has 0 bridgehead atoms. The van der Waals surface area contributed by atoms with E-state index < -0.39 is 33.6 Å². The van der Waals surface area contributed by atoms with Gasteiger partial charge in [-0.1, -0.05) is 474 Å². The van der Waals surface area contributed by atoms with Gasteiger partial charge in [0.2, 0.25) is 0 Å². The quantitative estimate of drug-likeness (QED) is 0.0602. The van der Waals surface area contributed by atoms with Gasteiger partial charge in [-0.15, -0.1) is 0 Å². The summed E-state index contributed by atoms with van der Waals surface area (Å²) in [4.78, 5) is 13.4. The lowest BCUT2D eigenvalue weighted by molar-refractivity contribution is -0.289. The van der Waals surface area contributed by atoms with Crippen LogP contribution in [0.5, 0.6) is 0 Å². The summed E-state index contributed by atoms with van der Waals surface area (Å²) in [5.41, 5.74) is -4.09. The molecular formula is C122H238O8. The maximum absolute atomic E-state index is 13.4. The number of hydrogen-bond donors (Lipinski definition) is 1. The lowest BCUT2D eigenvalue weighted by Crippen LogP contribution is -2.60. The van der Waals surface area contributed by atoms with Crippen molar-refractivity contribution in [3.8, 4) is 0 Å². The molecule has 3 fully saturated rings. The molecule has 0 aliphatic carbocycles. The first-order valence-electron chi connectivity index (χ1n) is 58.5. The van der Waals surface area contributed by atoms with Gasteiger partial charge >= 0.3 is 5.97 Å². The zero-order valence-electron chi connectivity index (χ0n) is 94.1. The Morgan fingerprint density at radius 2 is 0.454 bits per heavy atom. The smallest absolute Gasteiger partial charge is 0.303 e. The minimum absolute atomic E-state index is 0.145. The van der Waals surface area contributed by atoms with Crippen LogP contribution in [0.4, 0.5) is 0 Å². The van der Waals surface area contributed by atoms with Crippen LogP contribution in [0.2, 0.25) is 0 Å². The highest BCUT2D eigenvalue weighted by molar-refractivity contribution is 5.66. The van der Waals surface area contributed by atoms with Crippen LogP contribution in [-0.2, 0) is 33.2 Å². The third-order valence-electron chi connectivity index (χ3n) is 33.9. The Bertz CT molecular complexity index is 2720. The van der Waals surface area contributed by atoms with Gasteiger partial charge in [0.25, 0.3) is 0 Å². The molecule has 3 heterocycles. The first-order valence-corrected chi connectivity index (χ1v) is 58.5. The van der Waals surface area contributed by atoms with Crippen LogP contribution in [0.3, 0.4) is 0 Å². The summed E-state index contributed by atoms with van der Waals surface area (Å²) in [6, 6.07) is 0. The first-order chi connectivity index (χ1) is 61.2. The highest BCUT2D eigenvalue weighted by Gasteiger charge is 2.57. The van der Waals surface area contributed by atoms with Crippen molar-refractivity contribution in [2.45, 2.75) is 670 Å². The molecule has 3 rings (SSSR count). The monoisotopic (exact) mass is 1830 g/mol. The second-order valence-electron chi connectivity index (χ2n) is 51.9. The molecule has 8 nitrogen and oxygen atoms in total. The number of rotatable bonds is 82. The first kappa shape index (κ1) is 123. The molecule has 0 saturated carbocycles. The van der Waals surface area contributed by atoms with Crippen LogP contribution in [0.1, 0.15) is 600 Å². The Labute approximate surface area is 816 Å². The summed E-state index contributed by atoms with van der Waals surface area (Å²) >= 11 is 0. The van der Waals surface area contributed by atoms with Crippen molar-refractivity contribution in [3.05, 3.63) is 0 Å². The average Bonchev–Trinajstić information content (AvgIpc) is 1.44. The van der Waals surface area contributed by atoms with Crippen molar-refractivity contribution in [1.82, 2.24) is 0 Å². The molecule has 774 valence electrons. The van der Waals surface area contributed by atoms with Gasteiger partial charge in [-0.05, 0) is 225 Å². The van der Waals surface area contributed by atoms with Crippen molar-refractivity contribution >= 4 is 5.97 Å². The number of esters is 1. The fourth-order valence-corrected chi connectivity index (χ4v) is 24.2. The lowest BCUT2D eigenvalue weighted by atomic mass is 9.78. The molecule has 3 aliphatic heterocycles. The largest absolute Gasteiger partial charge is 0.459 e. The van der Waals surface area contributed by atoms with E-state index in [2.05, 4.69) is 208 Å². The SMILES string of the molecule is CC(=O)OC1CCC(C(C)(CCCC(C)CCCC(C)CCCC(C)C)OC(C)(CCCC(C)CCCC(C)CCCC(C)C)C2CCC(C(C)(CCCC(C)CCCC(C)CCCC(C)C)OC(C)(CCCC(C)CCCC(C)CCCC(C)C)C3CCC(C(C)(O)CCCC(C)CCCC(C)CCCC(C)C)O3)O2)OC1(C)CCCC(C)CCCC(C)CCCC(C)C. The van der Waals surface area contributed by atoms with Gasteiger partial charge in [0.1, 0.15) is 11.7 Å². The molecule has 0 amide bonds. The van der Waals surface area contributed by atoms with E-state index in [1.165, 1.54) is 257 Å². The van der Waals surface area contributed by atoms with Gasteiger partial charge in [0.15, 0.2) is 0 Å². The molecule has 1 N–H and O–H groups in total. The summed E-state index contributed by atoms with van der Waals surface area (Å²) in [5.74, 6) is 13.0. The second kappa shape index (κ2) is 66.8. The summed E-state index contributed by atoms with van der Waals surface area (Å²) < 4.78 is 47.2. The van der Waals surface area contributed by atoms with Crippen molar-refractivity contribution in [2.75, 3.05) is 0 Å². The van der Waals surface area contributed by atoms with Gasteiger partial charge in [0.05, 0.1) is 58.5 Å². The van der Waals surface area contributed by atoms with Crippen LogP contribution >= 0.6 is 0 Å². The number of aliphatic hydroxyl groups is 1. The summed E-state index contributed by atoms with van der Waals surface area (Å²) in [6.45, 7) is 74.5. The summed E-state index contributed by atoms with van der Waals surface area (Å²) in [5, 5.41) is 12.8. The zero-order chi connectivity index (χ0) is 97.1. The Morgan fingerprint density at radius 1 is 0.269 bits per heavy atom. The highest BCUT2D eigenvalue weighted by atomic mass is 16.6. The number of carbonyl (C=O) groups excluding carboxylic acids is 1. The fraction of sp³-hybridized carbons (Fsp3) is 0.992. The van der Waals surface area contributed by atoms with Crippen LogP contribution in [0.15, 0.2) is 0 Å². The minimum atomic E-state index is -0.922. The van der Waals surface area contributed by atoms with E-state index in [0.717, 1.165) is 199 Å². The van der Waals surface area contributed by atoms with E-state index in [1.807, 2.05) is 0 Å². The van der Waals surface area contributed by atoms with Gasteiger partial charge < -0.3 is 33.5 Å². The van der Waals surface area contributed by atoms with Crippen molar-refractivity contribution in [1.29, 1.82) is 0 Å². The number of ether oxygens (including phenoxy) is 6. The summed E-state index contributed by atoms with van der Waals surface area (Å²) in [7, 11) is 0. The molecule has 24 unspecified atom stereocenters. The highest BCUT2D eigenvalue weighted by Crippen LogP contribution is 2.51. The van der Waals surface area contributed by atoms with E-state index in [9.17, 15) is 9.90 Å². The van der Waals surface area contributed by atoms with E-state index in [1.54, 1.807) is 6.92 Å².